The van der Waals surface area contributed by atoms with Crippen molar-refractivity contribution in [2.75, 3.05) is 26.3 Å². The molecule has 27 nitrogen and oxygen atoms in total. The Kier molecular flexibility index (Phi) is 28.7. The lowest BCUT2D eigenvalue weighted by Gasteiger charge is -2.33. The topological polar surface area (TPSA) is 423 Å². The molecule has 454 valence electrons. The number of benzene rings is 2. The largest absolute Gasteiger partial charge is 0.445 e. The smallest absolute Gasteiger partial charge is 0.408 e. The summed E-state index contributed by atoms with van der Waals surface area (Å²) in [5, 5.41) is 67.9. The number of alkyl carbamates (subject to hydrolysis) is 1. The van der Waals surface area contributed by atoms with Crippen LogP contribution in [0.4, 0.5) is 4.79 Å². The molecule has 1 unspecified atom stereocenters. The Morgan fingerprint density at radius 3 is 1.67 bits per heavy atom. The lowest BCUT2D eigenvalue weighted by atomic mass is 9.94. The maximum atomic E-state index is 15.0. The first-order valence-corrected chi connectivity index (χ1v) is 27.5. The summed E-state index contributed by atoms with van der Waals surface area (Å²) in [6.45, 7) is 10.4. The highest BCUT2D eigenvalue weighted by atomic mass is 16.5. The highest BCUT2D eigenvalue weighted by molar-refractivity contribution is 5.99. The van der Waals surface area contributed by atoms with Gasteiger partial charge >= 0.3 is 6.09 Å². The van der Waals surface area contributed by atoms with E-state index in [4.69, 9.17) is 15.9 Å². The molecule has 1 aliphatic heterocycles. The van der Waals surface area contributed by atoms with Crippen LogP contribution in [0.25, 0.3) is 0 Å². The molecule has 17 N–H and O–H groups in total. The zero-order valence-electron chi connectivity index (χ0n) is 47.8. The average molecular weight is 1150 g/mol. The summed E-state index contributed by atoms with van der Waals surface area (Å²) in [7, 11) is 0. The molecular weight excluding hydrogens is 1070 g/mol. The quantitative estimate of drug-likeness (QED) is 0.0439. The van der Waals surface area contributed by atoms with Gasteiger partial charge in [0.15, 0.2) is 5.96 Å². The zero-order valence-corrected chi connectivity index (χ0v) is 47.8. The van der Waals surface area contributed by atoms with Crippen molar-refractivity contribution in [1.82, 2.24) is 58.5 Å². The van der Waals surface area contributed by atoms with Gasteiger partial charge in [0.1, 0.15) is 54.9 Å². The SMILES string of the molecule is CC[C@H](C)[C@@H]1NC(=O)[C@@H](CCCNC(=N)N)NC(=O)[C@H](CC(C)C)NC(=O)[C@H]([C@H](O)C(C)C)NC(=O)[C@@H](NC(=O)OCc2ccccc2)[C@@H](c2ccccc2)NC(=O)C(CO)NC(=O)[C@H](CO)NC(=O)CNC(=O)[C@H](CC(C)C)NC1=O. The second-order valence-corrected chi connectivity index (χ2v) is 21.4. The minimum atomic E-state index is -1.95. The van der Waals surface area contributed by atoms with Crippen molar-refractivity contribution < 1.29 is 68.0 Å². The number of rotatable bonds is 18. The summed E-state index contributed by atoms with van der Waals surface area (Å²) in [5.41, 5.74) is 6.20. The van der Waals surface area contributed by atoms with E-state index in [-0.39, 0.29) is 62.2 Å². The Hall–Kier alpha value is -7.91. The van der Waals surface area contributed by atoms with E-state index < -0.39 is 151 Å². The van der Waals surface area contributed by atoms with Gasteiger partial charge in [0.05, 0.1) is 31.9 Å². The van der Waals surface area contributed by atoms with Crippen molar-refractivity contribution in [3.63, 3.8) is 0 Å². The van der Waals surface area contributed by atoms with Gasteiger partial charge in [-0.1, -0.05) is 122 Å². The Labute approximate surface area is 477 Å². The van der Waals surface area contributed by atoms with Crippen molar-refractivity contribution in [2.45, 2.75) is 155 Å². The number of hydrogen-bond donors (Lipinski definition) is 16. The molecule has 0 aliphatic carbocycles. The number of ether oxygens (including phenoxy) is 1. The number of amides is 10. The molecule has 2 aromatic carbocycles. The van der Waals surface area contributed by atoms with Gasteiger partial charge < -0.3 is 84.3 Å². The molecule has 1 aliphatic rings. The lowest BCUT2D eigenvalue weighted by Crippen LogP contribution is -2.64. The van der Waals surface area contributed by atoms with Gasteiger partial charge in [-0.05, 0) is 60.5 Å². The molecule has 1 fully saturated rings. The van der Waals surface area contributed by atoms with Crippen LogP contribution in [0.15, 0.2) is 60.7 Å². The molecule has 1 heterocycles. The summed E-state index contributed by atoms with van der Waals surface area (Å²) in [4.78, 5) is 142. The van der Waals surface area contributed by atoms with E-state index in [1.165, 1.54) is 38.1 Å². The molecule has 82 heavy (non-hydrogen) atoms. The van der Waals surface area contributed by atoms with Gasteiger partial charge in [-0.2, -0.15) is 0 Å². The Bertz CT molecular complexity index is 2470. The van der Waals surface area contributed by atoms with Crippen molar-refractivity contribution in [2.24, 2.45) is 29.4 Å². The summed E-state index contributed by atoms with van der Waals surface area (Å²) in [6.07, 6.45) is -2.52. The monoisotopic (exact) mass is 1150 g/mol. The lowest BCUT2D eigenvalue weighted by molar-refractivity contribution is -0.138. The summed E-state index contributed by atoms with van der Waals surface area (Å²) in [6, 6.07) is 1.50. The number of carbonyl (C=O) groups is 10. The third-order valence-electron chi connectivity index (χ3n) is 13.3. The van der Waals surface area contributed by atoms with Crippen molar-refractivity contribution in [3.8, 4) is 0 Å². The molecule has 10 amide bonds. The molecule has 2 aromatic rings. The predicted octanol–water partition coefficient (Wildman–Crippen LogP) is -1.93. The van der Waals surface area contributed by atoms with Crippen molar-refractivity contribution in [3.05, 3.63) is 71.8 Å². The molecule has 0 aromatic heterocycles. The minimum absolute atomic E-state index is 0.0520. The fourth-order valence-electron chi connectivity index (χ4n) is 8.55. The highest BCUT2D eigenvalue weighted by Gasteiger charge is 2.41. The van der Waals surface area contributed by atoms with Crippen LogP contribution in [-0.4, -0.2) is 161 Å². The summed E-state index contributed by atoms with van der Waals surface area (Å²) in [5.74, 6) is -11.2. The van der Waals surface area contributed by atoms with Gasteiger partial charge in [0.2, 0.25) is 53.2 Å². The van der Waals surface area contributed by atoms with Crippen LogP contribution in [-0.2, 0) is 54.5 Å². The molecule has 0 saturated carbocycles. The Balaban J connectivity index is 2.28. The number of nitrogens with two attached hydrogens (primary N) is 1. The fraction of sp³-hybridized carbons (Fsp3) is 0.582. The standard InChI is InChI=1S/C55H85N13O14/c1-9-32(8)41-51(78)62-36(23-29(2)3)46(73)59-25-40(71)60-38(26-69)49(76)64-39(27-70)50(77)66-42(34-19-14-11-15-20-34)43(68-55(81)82-28-33-17-12-10-13-18-33)52(79)67-44(45(72)31(6)7)53(80)63-37(24-30(4)5)48(75)61-35(47(74)65-41)21-16-22-58-54(56)57/h10-15,17-20,29-32,35-39,41-45,69-70,72H,9,16,21-28H2,1-8H3,(H,59,73)(H,60,71)(H,61,75)(H,62,78)(H,63,80)(H,64,76)(H,65,74)(H,66,77)(H,67,79)(H,68,81)(H4,56,57,58)/t32-,35+,36-,37-,38-,39?,41-,42+,43-,44-,45+/m0/s1. The van der Waals surface area contributed by atoms with E-state index in [9.17, 15) is 63.3 Å². The first-order valence-electron chi connectivity index (χ1n) is 27.5. The van der Waals surface area contributed by atoms with Gasteiger partial charge in [-0.15, -0.1) is 0 Å². The fourth-order valence-corrected chi connectivity index (χ4v) is 8.55. The van der Waals surface area contributed by atoms with Crippen LogP contribution in [0.2, 0.25) is 0 Å². The van der Waals surface area contributed by atoms with E-state index in [1.807, 2.05) is 0 Å². The number of hydrogen-bond acceptors (Lipinski definition) is 15. The first-order chi connectivity index (χ1) is 38.8. The number of aliphatic hydroxyl groups excluding tert-OH is 3. The van der Waals surface area contributed by atoms with Gasteiger partial charge in [-0.3, -0.25) is 48.6 Å². The number of aliphatic hydroxyl groups is 3. The molecule has 3 rings (SSSR count). The number of carbonyl (C=O) groups excluding carboxylic acids is 10. The summed E-state index contributed by atoms with van der Waals surface area (Å²) >= 11 is 0. The predicted molar refractivity (Wildman–Crippen MR) is 300 cm³/mol. The summed E-state index contributed by atoms with van der Waals surface area (Å²) < 4.78 is 5.48. The van der Waals surface area contributed by atoms with Gasteiger partial charge in [0.25, 0.3) is 0 Å². The van der Waals surface area contributed by atoms with Gasteiger partial charge in [0, 0.05) is 6.54 Å². The van der Waals surface area contributed by atoms with E-state index in [1.54, 1.807) is 77.9 Å². The average Bonchev–Trinajstić information content (AvgIpc) is 3.49. The van der Waals surface area contributed by atoms with E-state index in [0.717, 1.165) is 0 Å². The molecule has 0 radical (unpaired) electrons. The molecule has 1 saturated heterocycles. The second kappa shape index (κ2) is 34.4. The second-order valence-electron chi connectivity index (χ2n) is 21.4. The van der Waals surface area contributed by atoms with Crippen LogP contribution in [0, 0.1) is 29.1 Å². The van der Waals surface area contributed by atoms with Crippen molar-refractivity contribution >= 4 is 65.2 Å². The van der Waals surface area contributed by atoms with Gasteiger partial charge in [-0.25, -0.2) is 4.79 Å². The molecule has 11 atom stereocenters. The van der Waals surface area contributed by atoms with E-state index >= 15 is 0 Å². The number of guanidine groups is 1. The van der Waals surface area contributed by atoms with Crippen LogP contribution in [0.5, 0.6) is 0 Å². The Morgan fingerprint density at radius 2 is 1.12 bits per heavy atom. The normalized spacial score (nSPS) is 24.3. The molecule has 27 heteroatoms. The minimum Gasteiger partial charge on any atom is -0.445 e. The number of nitrogens with one attached hydrogen (secondary N) is 12. The first kappa shape index (κ1) is 68.4. The van der Waals surface area contributed by atoms with E-state index in [2.05, 4.69) is 58.5 Å². The van der Waals surface area contributed by atoms with Crippen molar-refractivity contribution in [1.29, 1.82) is 5.41 Å². The third-order valence-corrected chi connectivity index (χ3v) is 13.3. The molecular formula is C55H85N13O14. The third kappa shape index (κ3) is 22.6. The maximum Gasteiger partial charge on any atom is 0.408 e. The zero-order chi connectivity index (χ0) is 61.2. The van der Waals surface area contributed by atoms with Crippen LogP contribution in [0.3, 0.4) is 0 Å². The highest BCUT2D eigenvalue weighted by Crippen LogP contribution is 2.21. The van der Waals surface area contributed by atoms with Crippen LogP contribution >= 0.6 is 0 Å². The maximum absolute atomic E-state index is 15.0. The Morgan fingerprint density at radius 1 is 0.634 bits per heavy atom. The molecule has 0 spiro atoms. The van der Waals surface area contributed by atoms with Crippen LogP contribution in [0.1, 0.15) is 105 Å². The molecule has 0 bridgehead atoms. The van der Waals surface area contributed by atoms with E-state index in [0.29, 0.717) is 12.0 Å². The van der Waals surface area contributed by atoms with Crippen LogP contribution < -0.4 is 64.2 Å².